The number of benzene rings is 1. The Labute approximate surface area is 144 Å². The third kappa shape index (κ3) is 3.13. The van der Waals surface area contributed by atoms with E-state index in [1.54, 1.807) is 17.3 Å². The SMILES string of the molecule is CC(=O)NCN1C=C(c2ccc(-n3ccc(C#N)c3)cc2)C2OC2O1. The van der Waals surface area contributed by atoms with Crippen LogP contribution in [0.5, 0.6) is 0 Å². The summed E-state index contributed by atoms with van der Waals surface area (Å²) in [5.74, 6) is -0.120. The van der Waals surface area contributed by atoms with Gasteiger partial charge >= 0.3 is 0 Å². The summed E-state index contributed by atoms with van der Waals surface area (Å²) in [5.41, 5.74) is 3.64. The van der Waals surface area contributed by atoms with Crippen LogP contribution in [0.3, 0.4) is 0 Å². The summed E-state index contributed by atoms with van der Waals surface area (Å²) in [4.78, 5) is 16.6. The van der Waals surface area contributed by atoms with Crippen molar-refractivity contribution in [2.24, 2.45) is 0 Å². The van der Waals surface area contributed by atoms with Gasteiger partial charge in [-0.2, -0.15) is 5.26 Å². The summed E-state index contributed by atoms with van der Waals surface area (Å²) in [6, 6.07) is 11.9. The standard InChI is InChI=1S/C18H16N4O3/c1-12(23)20-11-22-10-16(17-18(24-17)25-22)14-2-4-15(5-3-14)21-7-6-13(8-19)9-21/h2-7,9-10,17-18H,11H2,1H3,(H,20,23). The number of carbonyl (C=O) groups excluding carboxylic acids is 1. The lowest BCUT2D eigenvalue weighted by Crippen LogP contribution is -2.36. The van der Waals surface area contributed by atoms with Gasteiger partial charge in [0, 0.05) is 36.8 Å². The lowest BCUT2D eigenvalue weighted by molar-refractivity contribution is -0.167. The van der Waals surface area contributed by atoms with Crippen LogP contribution < -0.4 is 5.32 Å². The van der Waals surface area contributed by atoms with E-state index in [0.717, 1.165) is 16.8 Å². The topological polar surface area (TPSA) is 82.8 Å². The monoisotopic (exact) mass is 336 g/mol. The molecular weight excluding hydrogens is 320 g/mol. The predicted octanol–water partition coefficient (Wildman–Crippen LogP) is 1.76. The maximum atomic E-state index is 11.1. The zero-order chi connectivity index (χ0) is 17.4. The molecule has 2 atom stereocenters. The molecule has 2 unspecified atom stereocenters. The molecule has 0 radical (unpaired) electrons. The van der Waals surface area contributed by atoms with Crippen LogP contribution >= 0.6 is 0 Å². The van der Waals surface area contributed by atoms with Gasteiger partial charge in [-0.3, -0.25) is 4.79 Å². The van der Waals surface area contributed by atoms with E-state index in [0.29, 0.717) is 5.56 Å². The van der Waals surface area contributed by atoms with Crippen LogP contribution in [0, 0.1) is 11.3 Å². The van der Waals surface area contributed by atoms with E-state index in [-0.39, 0.29) is 25.0 Å². The van der Waals surface area contributed by atoms with Gasteiger partial charge in [0.15, 0.2) is 0 Å². The average molecular weight is 336 g/mol. The van der Waals surface area contributed by atoms with E-state index in [1.807, 2.05) is 41.2 Å². The van der Waals surface area contributed by atoms with Gasteiger partial charge < -0.3 is 14.6 Å². The van der Waals surface area contributed by atoms with Crippen LogP contribution in [-0.2, 0) is 14.4 Å². The Balaban J connectivity index is 1.54. The predicted molar refractivity (Wildman–Crippen MR) is 88.7 cm³/mol. The number of ether oxygens (including phenoxy) is 1. The first-order chi connectivity index (χ1) is 12.1. The summed E-state index contributed by atoms with van der Waals surface area (Å²) in [7, 11) is 0. The highest BCUT2D eigenvalue weighted by molar-refractivity contribution is 5.73. The summed E-state index contributed by atoms with van der Waals surface area (Å²) >= 11 is 0. The molecule has 1 fully saturated rings. The Morgan fingerprint density at radius 2 is 2.12 bits per heavy atom. The largest absolute Gasteiger partial charge is 0.337 e. The fourth-order valence-electron chi connectivity index (χ4n) is 2.75. The molecule has 1 aromatic heterocycles. The molecule has 126 valence electrons. The van der Waals surface area contributed by atoms with E-state index in [9.17, 15) is 4.79 Å². The van der Waals surface area contributed by atoms with Gasteiger partial charge in [-0.1, -0.05) is 12.1 Å². The smallest absolute Gasteiger partial charge is 0.218 e. The van der Waals surface area contributed by atoms with Crippen LogP contribution in [-0.4, -0.2) is 34.6 Å². The van der Waals surface area contributed by atoms with Crippen molar-refractivity contribution < 1.29 is 14.4 Å². The van der Waals surface area contributed by atoms with Crippen molar-refractivity contribution in [1.82, 2.24) is 14.9 Å². The Bertz CT molecular complexity index is 878. The molecule has 25 heavy (non-hydrogen) atoms. The summed E-state index contributed by atoms with van der Waals surface area (Å²) in [5, 5.41) is 13.2. The number of fused-ring (bicyclic) bond motifs is 1. The molecule has 1 aromatic carbocycles. The number of nitrogens with zero attached hydrogens (tertiary/aromatic N) is 3. The second kappa shape index (κ2) is 6.09. The number of aromatic nitrogens is 1. The summed E-state index contributed by atoms with van der Waals surface area (Å²) < 4.78 is 7.43. The molecule has 2 aliphatic rings. The quantitative estimate of drug-likeness (QED) is 0.860. The van der Waals surface area contributed by atoms with Crippen molar-refractivity contribution in [1.29, 1.82) is 5.26 Å². The number of epoxide rings is 1. The molecule has 4 rings (SSSR count). The fraction of sp³-hybridized carbons (Fsp3) is 0.222. The van der Waals surface area contributed by atoms with Crippen LogP contribution in [0.4, 0.5) is 0 Å². The number of carbonyl (C=O) groups is 1. The lowest BCUT2D eigenvalue weighted by Gasteiger charge is -2.23. The van der Waals surface area contributed by atoms with Crippen molar-refractivity contribution in [3.8, 4) is 11.8 Å². The molecule has 1 N–H and O–H groups in total. The van der Waals surface area contributed by atoms with Gasteiger partial charge in [-0.05, 0) is 23.8 Å². The molecule has 2 aliphatic heterocycles. The van der Waals surface area contributed by atoms with E-state index >= 15 is 0 Å². The molecule has 7 nitrogen and oxygen atoms in total. The van der Waals surface area contributed by atoms with Gasteiger partial charge in [-0.15, -0.1) is 0 Å². The Kier molecular flexibility index (Phi) is 3.76. The minimum absolute atomic E-state index is 0.0730. The highest BCUT2D eigenvalue weighted by Gasteiger charge is 2.48. The molecule has 1 saturated heterocycles. The third-order valence-corrected chi connectivity index (χ3v) is 4.08. The number of rotatable bonds is 4. The molecular formula is C18H16N4O3. The highest BCUT2D eigenvalue weighted by Crippen LogP contribution is 2.40. The molecule has 0 saturated carbocycles. The minimum Gasteiger partial charge on any atom is -0.337 e. The molecule has 0 bridgehead atoms. The van der Waals surface area contributed by atoms with Gasteiger partial charge in [0.1, 0.15) is 18.8 Å². The number of nitrogens with one attached hydrogen (secondary N) is 1. The molecule has 2 aromatic rings. The van der Waals surface area contributed by atoms with Gasteiger partial charge in [0.2, 0.25) is 12.2 Å². The van der Waals surface area contributed by atoms with Crippen LogP contribution in [0.15, 0.2) is 48.9 Å². The Morgan fingerprint density at radius 1 is 1.32 bits per heavy atom. The highest BCUT2D eigenvalue weighted by atomic mass is 16.9. The molecule has 1 amide bonds. The first-order valence-electron chi connectivity index (χ1n) is 7.88. The second-order valence-corrected chi connectivity index (χ2v) is 5.89. The number of nitriles is 1. The van der Waals surface area contributed by atoms with Crippen molar-refractivity contribution >= 4 is 11.5 Å². The van der Waals surface area contributed by atoms with Gasteiger partial charge in [0.05, 0.1) is 5.56 Å². The molecule has 0 spiro atoms. The van der Waals surface area contributed by atoms with Gasteiger partial charge in [0.25, 0.3) is 0 Å². The Hall–Kier alpha value is -3.08. The number of amides is 1. The maximum absolute atomic E-state index is 11.1. The maximum Gasteiger partial charge on any atom is 0.218 e. The average Bonchev–Trinajstić information content (AvgIpc) is 3.25. The normalized spacial score (nSPS) is 21.1. The van der Waals surface area contributed by atoms with Crippen LogP contribution in [0.1, 0.15) is 18.1 Å². The van der Waals surface area contributed by atoms with Crippen LogP contribution in [0.2, 0.25) is 0 Å². The third-order valence-electron chi connectivity index (χ3n) is 4.08. The van der Waals surface area contributed by atoms with E-state index in [1.165, 1.54) is 6.92 Å². The molecule has 0 aliphatic carbocycles. The van der Waals surface area contributed by atoms with Gasteiger partial charge in [-0.25, -0.2) is 9.90 Å². The molecule has 3 heterocycles. The fourth-order valence-corrected chi connectivity index (χ4v) is 2.75. The minimum atomic E-state index is -0.295. The van der Waals surface area contributed by atoms with Crippen molar-refractivity contribution in [3.05, 3.63) is 60.1 Å². The van der Waals surface area contributed by atoms with Crippen molar-refractivity contribution in [3.63, 3.8) is 0 Å². The zero-order valence-electron chi connectivity index (χ0n) is 13.5. The van der Waals surface area contributed by atoms with E-state index in [2.05, 4.69) is 11.4 Å². The van der Waals surface area contributed by atoms with Crippen molar-refractivity contribution in [2.75, 3.05) is 6.67 Å². The second-order valence-electron chi connectivity index (χ2n) is 5.89. The lowest BCUT2D eigenvalue weighted by atomic mass is 10.0. The zero-order valence-corrected chi connectivity index (χ0v) is 13.5. The van der Waals surface area contributed by atoms with Crippen LogP contribution in [0.25, 0.3) is 11.3 Å². The van der Waals surface area contributed by atoms with E-state index < -0.39 is 0 Å². The van der Waals surface area contributed by atoms with Crippen molar-refractivity contribution in [2.45, 2.75) is 19.3 Å². The van der Waals surface area contributed by atoms with E-state index in [4.69, 9.17) is 14.8 Å². The first-order valence-corrected chi connectivity index (χ1v) is 7.88. The summed E-state index contributed by atoms with van der Waals surface area (Å²) in [6.07, 6.45) is 5.13. The number of hydrogen-bond donors (Lipinski definition) is 1. The number of hydrogen-bond acceptors (Lipinski definition) is 5. The summed E-state index contributed by atoms with van der Waals surface area (Å²) in [6.45, 7) is 1.73. The first kappa shape index (κ1) is 15.4. The Morgan fingerprint density at radius 3 is 2.80 bits per heavy atom. The molecule has 7 heteroatoms. The number of hydroxylamine groups is 2.